The minimum absolute atomic E-state index is 0.257. The molecule has 0 saturated carbocycles. The lowest BCUT2D eigenvalue weighted by Gasteiger charge is -2.25. The SMILES string of the molecule is C[C@@H](O)CNS(=O)(=O)c1ccc(NC(=O)[C@@](C)(O)C(F)(F)F)c(Cl)c1. The second kappa shape index (κ2) is 7.46. The average Bonchev–Trinajstić information content (AvgIpc) is 2.45. The van der Waals surface area contributed by atoms with Crippen molar-refractivity contribution >= 4 is 33.2 Å². The summed E-state index contributed by atoms with van der Waals surface area (Å²) in [4.78, 5) is 11.3. The number of carbonyl (C=O) groups is 1. The van der Waals surface area contributed by atoms with Crippen molar-refractivity contribution in [1.82, 2.24) is 4.72 Å². The summed E-state index contributed by atoms with van der Waals surface area (Å²) in [6.07, 6.45) is -6.15. The Morgan fingerprint density at radius 2 is 1.92 bits per heavy atom. The van der Waals surface area contributed by atoms with Crippen molar-refractivity contribution in [1.29, 1.82) is 0 Å². The van der Waals surface area contributed by atoms with E-state index in [1.165, 1.54) is 6.92 Å². The molecule has 12 heteroatoms. The standard InChI is InChI=1S/C13H16ClF3N2O5S/c1-7(20)6-18-25(23,24)8-3-4-10(9(14)5-8)19-11(21)12(2,22)13(15,16)17/h3-5,7,18,20,22H,6H2,1-2H3,(H,19,21)/t7-,12-/m1/s1. The second-order valence-corrected chi connectivity index (χ2v) is 7.54. The Hall–Kier alpha value is -1.40. The number of sulfonamides is 1. The van der Waals surface area contributed by atoms with Crippen molar-refractivity contribution in [3.63, 3.8) is 0 Å². The van der Waals surface area contributed by atoms with Crippen molar-refractivity contribution in [2.24, 2.45) is 0 Å². The van der Waals surface area contributed by atoms with E-state index in [0.717, 1.165) is 18.2 Å². The first-order chi connectivity index (χ1) is 11.2. The maximum atomic E-state index is 12.6. The van der Waals surface area contributed by atoms with E-state index < -0.39 is 33.8 Å². The Bertz CT molecular complexity index is 751. The van der Waals surface area contributed by atoms with E-state index in [1.807, 2.05) is 0 Å². The van der Waals surface area contributed by atoms with E-state index in [4.69, 9.17) is 16.7 Å². The summed E-state index contributed by atoms with van der Waals surface area (Å²) in [6.45, 7) is 1.38. The summed E-state index contributed by atoms with van der Waals surface area (Å²) in [6, 6.07) is 2.88. The molecule has 0 aromatic heterocycles. The van der Waals surface area contributed by atoms with Crippen LogP contribution in [-0.2, 0) is 14.8 Å². The van der Waals surface area contributed by atoms with Gasteiger partial charge in [0.1, 0.15) is 0 Å². The van der Waals surface area contributed by atoms with Crippen molar-refractivity contribution in [2.75, 3.05) is 11.9 Å². The molecule has 142 valence electrons. The topological polar surface area (TPSA) is 116 Å². The number of nitrogens with one attached hydrogen (secondary N) is 2. The maximum Gasteiger partial charge on any atom is 0.426 e. The molecule has 0 saturated heterocycles. The Morgan fingerprint density at radius 1 is 1.36 bits per heavy atom. The summed E-state index contributed by atoms with van der Waals surface area (Å²) < 4.78 is 63.8. The highest BCUT2D eigenvalue weighted by molar-refractivity contribution is 7.89. The van der Waals surface area contributed by atoms with Crippen LogP contribution in [0.4, 0.5) is 18.9 Å². The molecule has 25 heavy (non-hydrogen) atoms. The van der Waals surface area contributed by atoms with E-state index in [-0.39, 0.29) is 29.1 Å². The van der Waals surface area contributed by atoms with Crippen LogP contribution in [0.25, 0.3) is 0 Å². The van der Waals surface area contributed by atoms with Gasteiger partial charge in [-0.05, 0) is 32.0 Å². The van der Waals surface area contributed by atoms with Crippen LogP contribution in [0.5, 0.6) is 0 Å². The first-order valence-corrected chi connectivity index (χ1v) is 8.62. The third kappa shape index (κ3) is 5.28. The van der Waals surface area contributed by atoms with Crippen LogP contribution >= 0.6 is 11.6 Å². The van der Waals surface area contributed by atoms with Crippen molar-refractivity contribution in [3.05, 3.63) is 23.2 Å². The highest BCUT2D eigenvalue weighted by Crippen LogP contribution is 2.32. The molecule has 0 fully saturated rings. The molecule has 7 nitrogen and oxygen atoms in total. The van der Waals surface area contributed by atoms with Crippen LogP contribution in [0.3, 0.4) is 0 Å². The number of alkyl halides is 3. The number of hydrogen-bond donors (Lipinski definition) is 4. The molecule has 0 spiro atoms. The highest BCUT2D eigenvalue weighted by atomic mass is 35.5. The number of hydrogen-bond acceptors (Lipinski definition) is 5. The first-order valence-electron chi connectivity index (χ1n) is 6.76. The lowest BCUT2D eigenvalue weighted by atomic mass is 10.1. The van der Waals surface area contributed by atoms with Gasteiger partial charge in [-0.3, -0.25) is 4.79 Å². The summed E-state index contributed by atoms with van der Waals surface area (Å²) >= 11 is 5.79. The van der Waals surface area contributed by atoms with Crippen LogP contribution < -0.4 is 10.0 Å². The molecule has 1 aromatic rings. The Kier molecular flexibility index (Phi) is 6.46. The van der Waals surface area contributed by atoms with Gasteiger partial charge in [0.25, 0.3) is 5.91 Å². The lowest BCUT2D eigenvalue weighted by Crippen LogP contribution is -2.52. The van der Waals surface area contributed by atoms with Gasteiger partial charge in [0.15, 0.2) is 0 Å². The summed E-state index contributed by atoms with van der Waals surface area (Å²) in [5.41, 5.74) is -3.97. The molecule has 0 radical (unpaired) electrons. The lowest BCUT2D eigenvalue weighted by molar-refractivity contribution is -0.242. The number of benzene rings is 1. The summed E-state index contributed by atoms with van der Waals surface area (Å²) in [5, 5.41) is 19.8. The van der Waals surface area contributed by atoms with Crippen LogP contribution in [0.1, 0.15) is 13.8 Å². The van der Waals surface area contributed by atoms with Gasteiger partial charge in [0.2, 0.25) is 15.6 Å². The molecule has 1 aromatic carbocycles. The van der Waals surface area contributed by atoms with Gasteiger partial charge in [-0.25, -0.2) is 13.1 Å². The minimum Gasteiger partial charge on any atom is -0.392 e. The van der Waals surface area contributed by atoms with E-state index in [9.17, 15) is 31.5 Å². The van der Waals surface area contributed by atoms with Crippen LogP contribution in [0.2, 0.25) is 5.02 Å². The van der Waals surface area contributed by atoms with Gasteiger partial charge in [-0.15, -0.1) is 0 Å². The number of rotatable bonds is 6. The number of amides is 1. The van der Waals surface area contributed by atoms with Crippen molar-refractivity contribution in [2.45, 2.75) is 36.6 Å². The van der Waals surface area contributed by atoms with Crippen molar-refractivity contribution < 1.29 is 36.6 Å². The summed E-state index contributed by atoms with van der Waals surface area (Å²) in [7, 11) is -4.01. The Morgan fingerprint density at radius 3 is 2.36 bits per heavy atom. The molecule has 1 amide bonds. The molecule has 0 unspecified atom stereocenters. The van der Waals surface area contributed by atoms with E-state index >= 15 is 0 Å². The average molecular weight is 405 g/mol. The smallest absolute Gasteiger partial charge is 0.392 e. The second-order valence-electron chi connectivity index (χ2n) is 5.37. The van der Waals surface area contributed by atoms with Crippen LogP contribution in [0.15, 0.2) is 23.1 Å². The fourth-order valence-electron chi connectivity index (χ4n) is 1.45. The predicted molar refractivity (Wildman–Crippen MR) is 83.6 cm³/mol. The maximum absolute atomic E-state index is 12.6. The Labute approximate surface area is 146 Å². The Balaban J connectivity index is 3.02. The molecular formula is C13H16ClF3N2O5S. The molecular weight excluding hydrogens is 389 g/mol. The molecule has 2 atom stereocenters. The normalized spacial score (nSPS) is 16.2. The zero-order chi connectivity index (χ0) is 19.6. The van der Waals surface area contributed by atoms with Gasteiger partial charge >= 0.3 is 6.18 Å². The van der Waals surface area contributed by atoms with Gasteiger partial charge in [0.05, 0.1) is 21.7 Å². The van der Waals surface area contributed by atoms with E-state index in [2.05, 4.69) is 4.72 Å². The third-order valence-electron chi connectivity index (χ3n) is 3.06. The molecule has 0 aliphatic rings. The number of carbonyl (C=O) groups excluding carboxylic acids is 1. The highest BCUT2D eigenvalue weighted by Gasteiger charge is 2.55. The largest absolute Gasteiger partial charge is 0.426 e. The van der Waals surface area contributed by atoms with E-state index in [1.54, 1.807) is 5.32 Å². The fourth-order valence-corrected chi connectivity index (χ4v) is 2.89. The zero-order valence-electron chi connectivity index (χ0n) is 13.1. The number of halogens is 4. The van der Waals surface area contributed by atoms with Crippen molar-refractivity contribution in [3.8, 4) is 0 Å². The van der Waals surface area contributed by atoms with Gasteiger partial charge < -0.3 is 15.5 Å². The quantitative estimate of drug-likeness (QED) is 0.569. The third-order valence-corrected chi connectivity index (χ3v) is 4.80. The monoisotopic (exact) mass is 404 g/mol. The molecule has 4 N–H and O–H groups in total. The number of aliphatic hydroxyl groups excluding tert-OH is 1. The molecule has 0 aliphatic carbocycles. The molecule has 0 bridgehead atoms. The first kappa shape index (κ1) is 21.6. The number of anilines is 1. The van der Waals surface area contributed by atoms with Gasteiger partial charge in [-0.2, -0.15) is 13.2 Å². The van der Waals surface area contributed by atoms with Crippen LogP contribution in [0, 0.1) is 0 Å². The molecule has 1 rings (SSSR count). The van der Waals surface area contributed by atoms with Crippen LogP contribution in [-0.4, -0.2) is 49.0 Å². The predicted octanol–water partition coefficient (Wildman–Crippen LogP) is 1.25. The fraction of sp³-hybridized carbons (Fsp3) is 0.462. The van der Waals surface area contributed by atoms with Gasteiger partial charge in [0, 0.05) is 6.54 Å². The minimum atomic E-state index is -5.21. The van der Waals surface area contributed by atoms with E-state index in [0.29, 0.717) is 0 Å². The summed E-state index contributed by atoms with van der Waals surface area (Å²) in [5.74, 6) is -1.77. The number of aliphatic hydroxyl groups is 2. The zero-order valence-corrected chi connectivity index (χ0v) is 14.6. The molecule has 0 heterocycles. The molecule has 0 aliphatic heterocycles. The van der Waals surface area contributed by atoms with Gasteiger partial charge in [-0.1, -0.05) is 11.6 Å².